The van der Waals surface area contributed by atoms with E-state index in [1.807, 2.05) is 55.5 Å². The number of rotatable bonds is 12. The Morgan fingerprint density at radius 1 is 1.06 bits per heavy atom. The lowest BCUT2D eigenvalue weighted by Crippen LogP contribution is -2.50. The third-order valence-corrected chi connectivity index (χ3v) is 6.23. The zero-order chi connectivity index (χ0) is 23.5. The molecular weight excluding hydrogens is 444 g/mol. The smallest absolute Gasteiger partial charge is 0.242 e. The molecule has 2 amide bonds. The summed E-state index contributed by atoms with van der Waals surface area (Å²) in [5.41, 5.74) is 2.06. The first-order valence-corrected chi connectivity index (χ1v) is 12.4. The second kappa shape index (κ2) is 13.4. The van der Waals surface area contributed by atoms with Gasteiger partial charge in [0.2, 0.25) is 11.8 Å². The summed E-state index contributed by atoms with van der Waals surface area (Å²) in [7, 11) is 1.62. The highest BCUT2D eigenvalue weighted by atomic mass is 35.5. The van der Waals surface area contributed by atoms with Gasteiger partial charge in [-0.2, -0.15) is 0 Å². The molecule has 5 nitrogen and oxygen atoms in total. The fraction of sp³-hybridized carbons (Fsp3) is 0.440. The van der Waals surface area contributed by atoms with Gasteiger partial charge in [-0.15, -0.1) is 11.8 Å². The molecule has 0 radical (unpaired) electrons. The number of halogens is 1. The predicted octanol–water partition coefficient (Wildman–Crippen LogP) is 5.16. The Morgan fingerprint density at radius 2 is 1.69 bits per heavy atom. The Hall–Kier alpha value is -2.18. The van der Waals surface area contributed by atoms with Crippen LogP contribution in [0.4, 0.5) is 0 Å². The summed E-state index contributed by atoms with van der Waals surface area (Å²) in [6.45, 7) is 7.00. The van der Waals surface area contributed by atoms with Gasteiger partial charge in [-0.1, -0.05) is 56.6 Å². The van der Waals surface area contributed by atoms with Crippen LogP contribution < -0.4 is 10.1 Å². The van der Waals surface area contributed by atoms with Crippen molar-refractivity contribution in [2.24, 2.45) is 5.92 Å². The van der Waals surface area contributed by atoms with Gasteiger partial charge < -0.3 is 15.0 Å². The predicted molar refractivity (Wildman–Crippen MR) is 133 cm³/mol. The third kappa shape index (κ3) is 8.40. The van der Waals surface area contributed by atoms with E-state index in [4.69, 9.17) is 16.3 Å². The van der Waals surface area contributed by atoms with Crippen LogP contribution in [-0.4, -0.2) is 42.2 Å². The number of ether oxygens (including phenoxy) is 1. The second-order valence-electron chi connectivity index (χ2n) is 8.05. The van der Waals surface area contributed by atoms with Gasteiger partial charge in [-0.05, 0) is 47.7 Å². The molecular formula is C25H33ClN2O3S. The molecule has 174 valence electrons. The second-order valence-corrected chi connectivity index (χ2v) is 9.47. The maximum atomic E-state index is 13.2. The summed E-state index contributed by atoms with van der Waals surface area (Å²) in [5.74, 6) is 1.95. The van der Waals surface area contributed by atoms with Crippen molar-refractivity contribution in [2.75, 3.05) is 19.4 Å². The monoisotopic (exact) mass is 476 g/mol. The number of thioether (sulfide) groups is 1. The number of amides is 2. The van der Waals surface area contributed by atoms with Crippen LogP contribution in [0, 0.1) is 5.92 Å². The van der Waals surface area contributed by atoms with E-state index in [0.717, 1.165) is 16.9 Å². The van der Waals surface area contributed by atoms with Crippen LogP contribution in [0.2, 0.25) is 5.02 Å². The largest absolute Gasteiger partial charge is 0.497 e. The van der Waals surface area contributed by atoms with E-state index >= 15 is 0 Å². The van der Waals surface area contributed by atoms with Crippen LogP contribution in [0.1, 0.15) is 38.3 Å². The summed E-state index contributed by atoms with van der Waals surface area (Å²) < 4.78 is 5.23. The Kier molecular flexibility index (Phi) is 10.9. The fourth-order valence-corrected chi connectivity index (χ4v) is 4.19. The molecule has 0 unspecified atom stereocenters. The summed E-state index contributed by atoms with van der Waals surface area (Å²) >= 11 is 7.48. The van der Waals surface area contributed by atoms with Gasteiger partial charge >= 0.3 is 0 Å². The van der Waals surface area contributed by atoms with Crippen molar-refractivity contribution in [3.63, 3.8) is 0 Å². The quantitative estimate of drug-likeness (QED) is 0.459. The van der Waals surface area contributed by atoms with E-state index in [2.05, 4.69) is 19.2 Å². The number of methoxy groups -OCH3 is 1. The zero-order valence-corrected chi connectivity index (χ0v) is 20.8. The minimum Gasteiger partial charge on any atom is -0.497 e. The van der Waals surface area contributed by atoms with Crippen molar-refractivity contribution in [1.29, 1.82) is 0 Å². The summed E-state index contributed by atoms with van der Waals surface area (Å²) in [4.78, 5) is 27.8. The molecule has 7 heteroatoms. The van der Waals surface area contributed by atoms with Crippen molar-refractivity contribution in [3.05, 3.63) is 64.7 Å². The Bertz CT molecular complexity index is 856. The molecule has 32 heavy (non-hydrogen) atoms. The molecule has 0 saturated heterocycles. The minimum absolute atomic E-state index is 0.0497. The van der Waals surface area contributed by atoms with E-state index in [1.165, 1.54) is 11.8 Å². The topological polar surface area (TPSA) is 58.6 Å². The van der Waals surface area contributed by atoms with Gasteiger partial charge in [0.25, 0.3) is 0 Å². The highest BCUT2D eigenvalue weighted by molar-refractivity contribution is 7.99. The highest BCUT2D eigenvalue weighted by Crippen LogP contribution is 2.20. The van der Waals surface area contributed by atoms with Crippen molar-refractivity contribution >= 4 is 35.2 Å². The molecule has 0 spiro atoms. The molecule has 1 N–H and O–H groups in total. The molecule has 2 rings (SSSR count). The number of hydrogen-bond acceptors (Lipinski definition) is 4. The number of nitrogens with one attached hydrogen (secondary N) is 1. The number of hydrogen-bond donors (Lipinski definition) is 1. The van der Waals surface area contributed by atoms with Crippen molar-refractivity contribution < 1.29 is 14.3 Å². The average molecular weight is 477 g/mol. The van der Waals surface area contributed by atoms with Gasteiger partial charge in [-0.3, -0.25) is 9.59 Å². The lowest BCUT2D eigenvalue weighted by molar-refractivity contribution is -0.139. The number of benzene rings is 2. The first-order chi connectivity index (χ1) is 15.3. The summed E-state index contributed by atoms with van der Waals surface area (Å²) in [6, 6.07) is 14.7. The molecule has 0 heterocycles. The molecule has 1 atom stereocenters. The van der Waals surface area contributed by atoms with Crippen LogP contribution in [0.15, 0.2) is 48.5 Å². The molecule has 2 aromatic rings. The summed E-state index contributed by atoms with van der Waals surface area (Å²) in [6.07, 6.45) is 0.549. The first kappa shape index (κ1) is 26.1. The van der Waals surface area contributed by atoms with Crippen LogP contribution in [0.3, 0.4) is 0 Å². The minimum atomic E-state index is -0.514. The molecule has 0 aliphatic carbocycles. The van der Waals surface area contributed by atoms with Gasteiger partial charge in [0, 0.05) is 23.9 Å². The zero-order valence-electron chi connectivity index (χ0n) is 19.3. The Balaban J connectivity index is 2.11. The highest BCUT2D eigenvalue weighted by Gasteiger charge is 2.28. The van der Waals surface area contributed by atoms with Crippen LogP contribution in [-0.2, 0) is 21.9 Å². The van der Waals surface area contributed by atoms with E-state index in [1.54, 1.807) is 12.0 Å². The lowest BCUT2D eigenvalue weighted by Gasteiger charge is -2.31. The maximum Gasteiger partial charge on any atom is 0.242 e. The average Bonchev–Trinajstić information content (AvgIpc) is 2.79. The Morgan fingerprint density at radius 3 is 2.25 bits per heavy atom. The normalized spacial score (nSPS) is 11.8. The lowest BCUT2D eigenvalue weighted by atomic mass is 10.1. The molecule has 0 fully saturated rings. The maximum absolute atomic E-state index is 13.2. The Labute approximate surface area is 200 Å². The van der Waals surface area contributed by atoms with Gasteiger partial charge in [-0.25, -0.2) is 0 Å². The van der Waals surface area contributed by atoms with Gasteiger partial charge in [0.1, 0.15) is 11.8 Å². The van der Waals surface area contributed by atoms with E-state index in [-0.39, 0.29) is 11.8 Å². The van der Waals surface area contributed by atoms with Crippen LogP contribution >= 0.6 is 23.4 Å². The van der Waals surface area contributed by atoms with Gasteiger partial charge in [0.15, 0.2) is 0 Å². The number of nitrogens with zero attached hydrogens (tertiary/aromatic N) is 1. The molecule has 0 aliphatic heterocycles. The summed E-state index contributed by atoms with van der Waals surface area (Å²) in [5, 5.41) is 3.68. The third-order valence-electron chi connectivity index (χ3n) is 4.99. The standard InChI is InChI=1S/C25H33ClN2O3S/c1-5-23(25(30)27-14-18(2)3)28(15-19-8-12-22(31-4)13-9-19)24(29)17-32-16-20-6-10-21(26)11-7-20/h6-13,18,23H,5,14-17H2,1-4H3,(H,27,30)/t23-/m1/s1. The molecule has 0 aromatic heterocycles. The van der Waals surface area contributed by atoms with E-state index in [9.17, 15) is 9.59 Å². The van der Waals surface area contributed by atoms with E-state index in [0.29, 0.717) is 42.0 Å². The molecule has 0 saturated carbocycles. The van der Waals surface area contributed by atoms with Crippen molar-refractivity contribution in [1.82, 2.24) is 10.2 Å². The SMILES string of the molecule is CC[C@H](C(=O)NCC(C)C)N(Cc1ccc(OC)cc1)C(=O)CSCc1ccc(Cl)cc1. The number of carbonyl (C=O) groups is 2. The molecule has 0 aliphatic rings. The molecule has 2 aromatic carbocycles. The fourth-order valence-electron chi connectivity index (χ4n) is 3.19. The molecule has 0 bridgehead atoms. The van der Waals surface area contributed by atoms with Crippen LogP contribution in [0.5, 0.6) is 5.75 Å². The number of carbonyl (C=O) groups excluding carboxylic acids is 2. The van der Waals surface area contributed by atoms with Crippen molar-refractivity contribution in [2.45, 2.75) is 45.5 Å². The first-order valence-electron chi connectivity index (χ1n) is 10.9. The van der Waals surface area contributed by atoms with E-state index < -0.39 is 6.04 Å². The van der Waals surface area contributed by atoms with Gasteiger partial charge in [0.05, 0.1) is 12.9 Å². The van der Waals surface area contributed by atoms with Crippen molar-refractivity contribution in [3.8, 4) is 5.75 Å². The van der Waals surface area contributed by atoms with Crippen LogP contribution in [0.25, 0.3) is 0 Å².